The van der Waals surface area contributed by atoms with E-state index in [1.165, 1.54) is 18.7 Å². The van der Waals surface area contributed by atoms with E-state index in [1.54, 1.807) is 6.26 Å². The molecule has 2 aliphatic rings. The number of nitrogens with one attached hydrogen (secondary N) is 1. The molecule has 2 amide bonds. The van der Waals surface area contributed by atoms with Crippen LogP contribution in [0.3, 0.4) is 0 Å². The van der Waals surface area contributed by atoms with Crippen molar-refractivity contribution in [2.75, 3.05) is 30.3 Å². The first-order valence-corrected chi connectivity index (χ1v) is 13.0. The summed E-state index contributed by atoms with van der Waals surface area (Å²) in [6.45, 7) is 0.794. The smallest absolute Gasteiger partial charge is 0.543 e. The maximum Gasteiger partial charge on any atom is 1.00 e. The van der Waals surface area contributed by atoms with E-state index in [2.05, 4.69) is 19.8 Å². The van der Waals surface area contributed by atoms with E-state index < -0.39 is 59.7 Å². The van der Waals surface area contributed by atoms with Gasteiger partial charge in [0.1, 0.15) is 30.2 Å². The number of nitrogen functional groups attached to an aromatic ring is 1. The van der Waals surface area contributed by atoms with Crippen LogP contribution in [-0.4, -0.2) is 85.5 Å². The summed E-state index contributed by atoms with van der Waals surface area (Å²) >= 11 is 3.31. The summed E-state index contributed by atoms with van der Waals surface area (Å²) in [4.78, 5) is 70.0. The summed E-state index contributed by atoms with van der Waals surface area (Å²) in [6.07, 6.45) is 1.31. The molecule has 0 aliphatic carbocycles. The number of aliphatic carboxylic acids is 1. The third-order valence-electron chi connectivity index (χ3n) is 4.52. The van der Waals surface area contributed by atoms with Gasteiger partial charge in [-0.3, -0.25) is 24.1 Å². The van der Waals surface area contributed by atoms with Gasteiger partial charge in [-0.05, 0) is 13.2 Å². The topological polar surface area (TPSA) is 206 Å². The Labute approximate surface area is 239 Å². The number of ether oxygens (including phenoxy) is 1. The molecule has 1 saturated heterocycles. The molecule has 1 aromatic heterocycles. The van der Waals surface area contributed by atoms with Gasteiger partial charge in [0, 0.05) is 22.9 Å². The van der Waals surface area contributed by atoms with E-state index in [0.29, 0.717) is 0 Å². The Balaban J connectivity index is 0.00000456. The van der Waals surface area contributed by atoms with Crippen LogP contribution in [0.4, 0.5) is 5.13 Å². The van der Waals surface area contributed by atoms with Crippen molar-refractivity contribution in [3.05, 3.63) is 17.1 Å². The average Bonchev–Trinajstić information content (AvgIpc) is 3.23. The number of Topliss-reactive ketones (excluding diaryl/α,β-unsaturated/α-hetero) is 1. The average molecular weight is 567 g/mol. The first kappa shape index (κ1) is 30.0. The number of hydrogen-bond acceptors (Lipinski definition) is 15. The summed E-state index contributed by atoms with van der Waals surface area (Å²) in [7, 11) is 0. The Morgan fingerprint density at radius 1 is 1.36 bits per heavy atom. The fourth-order valence-corrected chi connectivity index (χ4v) is 4.99. The Morgan fingerprint density at radius 3 is 2.67 bits per heavy atom. The molecule has 3 N–H and O–H groups in total. The molecule has 3 heterocycles. The summed E-state index contributed by atoms with van der Waals surface area (Å²) < 4.78 is 8.89. The van der Waals surface area contributed by atoms with E-state index in [4.69, 9.17) is 15.3 Å². The number of aromatic nitrogens is 2. The number of carboxylic acids is 1. The maximum atomic E-state index is 12.9. The second-order valence-electron chi connectivity index (χ2n) is 7.07. The number of carboxylic acid groups (broad SMARTS) is 1. The monoisotopic (exact) mass is 566 g/mol. The Hall–Kier alpha value is -2.18. The van der Waals surface area contributed by atoms with Crippen LogP contribution in [0.15, 0.2) is 16.4 Å². The van der Waals surface area contributed by atoms with Gasteiger partial charge in [0.05, 0.1) is 11.7 Å². The first-order chi connectivity index (χ1) is 16.6. The molecular weight excluding hydrogens is 547 g/mol. The van der Waals surface area contributed by atoms with Crippen molar-refractivity contribution < 1.29 is 68.2 Å². The molecule has 0 aromatic carbocycles. The maximum absolute atomic E-state index is 12.9. The molecule has 18 heteroatoms. The molecule has 2 aliphatic heterocycles. The minimum absolute atomic E-state index is 0. The number of nitrogens with zero attached hydrogens (tertiary/aromatic N) is 4. The second kappa shape index (κ2) is 13.4. The zero-order chi connectivity index (χ0) is 25.7. The number of esters is 1. The molecule has 1 aromatic rings. The van der Waals surface area contributed by atoms with Gasteiger partial charge in [0.2, 0.25) is 11.5 Å². The molecule has 0 spiro atoms. The molecule has 1 unspecified atom stereocenters. The van der Waals surface area contributed by atoms with Gasteiger partial charge in [-0.2, -0.15) is 9.36 Å². The van der Waals surface area contributed by atoms with Gasteiger partial charge in [0.15, 0.2) is 11.1 Å². The number of carbonyl (C=O) groups is 5. The SMILES string of the molecule is CSCON=C(C(=O)NC1C(=O)N2C(C(=O)[O-])=C(COC(=O)CC(C)=O)CS[C@@H]12)c1nsc(N)n1.[Na+]. The van der Waals surface area contributed by atoms with E-state index in [1.807, 2.05) is 0 Å². The minimum atomic E-state index is -1.64. The molecule has 0 bridgehead atoms. The van der Waals surface area contributed by atoms with Gasteiger partial charge in [-0.25, -0.2) is 0 Å². The van der Waals surface area contributed by atoms with Crippen LogP contribution in [0.2, 0.25) is 0 Å². The molecule has 1 fully saturated rings. The minimum Gasteiger partial charge on any atom is -0.543 e. The normalized spacial score (nSPS) is 19.0. The molecule has 188 valence electrons. The predicted molar refractivity (Wildman–Crippen MR) is 124 cm³/mol. The van der Waals surface area contributed by atoms with Crippen molar-refractivity contribution in [3.8, 4) is 0 Å². The Bertz CT molecular complexity index is 1130. The Kier molecular flexibility index (Phi) is 11.2. The fourth-order valence-electron chi connectivity index (χ4n) is 3.07. The molecule has 3 rings (SSSR count). The van der Waals surface area contributed by atoms with E-state index in [-0.39, 0.29) is 63.5 Å². The first-order valence-electron chi connectivity index (χ1n) is 9.76. The van der Waals surface area contributed by atoms with Gasteiger partial charge < -0.3 is 30.5 Å². The van der Waals surface area contributed by atoms with E-state index in [0.717, 1.165) is 28.2 Å². The van der Waals surface area contributed by atoms with Crippen molar-refractivity contribution in [2.24, 2.45) is 5.16 Å². The van der Waals surface area contributed by atoms with Crippen LogP contribution >= 0.6 is 35.1 Å². The zero-order valence-electron chi connectivity index (χ0n) is 19.3. The number of rotatable bonds is 11. The summed E-state index contributed by atoms with van der Waals surface area (Å²) in [5, 5.41) is 17.4. The van der Waals surface area contributed by atoms with Crippen LogP contribution in [0.5, 0.6) is 0 Å². The number of amides is 2. The van der Waals surface area contributed by atoms with Crippen molar-refractivity contribution in [1.29, 1.82) is 0 Å². The molecular formula is C18H19N6NaO8S3. The quantitative estimate of drug-likeness (QED) is 0.0377. The van der Waals surface area contributed by atoms with Crippen molar-refractivity contribution in [1.82, 2.24) is 19.6 Å². The predicted octanol–water partition coefficient (Wildman–Crippen LogP) is -4.91. The number of thioether (sulfide) groups is 2. The second-order valence-corrected chi connectivity index (χ2v) is 9.77. The summed E-state index contributed by atoms with van der Waals surface area (Å²) in [6, 6.07) is -1.08. The molecule has 14 nitrogen and oxygen atoms in total. The zero-order valence-corrected chi connectivity index (χ0v) is 23.8. The number of oxime groups is 1. The van der Waals surface area contributed by atoms with Crippen LogP contribution in [0, 0.1) is 0 Å². The number of nitrogens with two attached hydrogens (primary N) is 1. The third-order valence-corrected chi connectivity index (χ3v) is 6.75. The largest absolute Gasteiger partial charge is 1.00 e. The van der Waals surface area contributed by atoms with Crippen molar-refractivity contribution in [3.63, 3.8) is 0 Å². The Morgan fingerprint density at radius 2 is 2.08 bits per heavy atom. The molecule has 36 heavy (non-hydrogen) atoms. The van der Waals surface area contributed by atoms with Crippen LogP contribution in [-0.2, 0) is 33.5 Å². The van der Waals surface area contributed by atoms with Gasteiger partial charge >= 0.3 is 35.5 Å². The van der Waals surface area contributed by atoms with Gasteiger partial charge in [0.25, 0.3) is 11.8 Å². The summed E-state index contributed by atoms with van der Waals surface area (Å²) in [5.74, 6) is -4.25. The molecule has 0 saturated carbocycles. The summed E-state index contributed by atoms with van der Waals surface area (Å²) in [5.41, 5.74) is 4.98. The molecule has 2 atom stereocenters. The standard InChI is InChI=1S/C18H20N6O8S3.Na/c1-7(25)3-9(26)31-4-8-5-34-16-11(15(28)24(16)12(8)17(29)30)20-14(27)10(22-32-6-33-2)13-21-18(19)35-23-13;/h11,16H,3-6H2,1-2H3,(H,20,27)(H,29,30)(H2,19,21,23);/q;+1/p-1/t11?,16-;/m0./s1. The van der Waals surface area contributed by atoms with Crippen LogP contribution in [0.25, 0.3) is 0 Å². The van der Waals surface area contributed by atoms with Crippen molar-refractivity contribution >= 4 is 75.4 Å². The number of anilines is 1. The number of hydrogen-bond donors (Lipinski definition) is 2. The number of β-lactam (4-membered cyclic amide) rings is 1. The van der Waals surface area contributed by atoms with Crippen LogP contribution < -0.4 is 45.7 Å². The number of fused-ring (bicyclic) bond motifs is 1. The van der Waals surface area contributed by atoms with Gasteiger partial charge in [-0.1, -0.05) is 5.16 Å². The molecule has 0 radical (unpaired) electrons. The number of carbonyl (C=O) groups excluding carboxylic acids is 5. The van der Waals surface area contributed by atoms with E-state index in [9.17, 15) is 29.1 Å². The number of ketones is 1. The van der Waals surface area contributed by atoms with Crippen molar-refractivity contribution in [2.45, 2.75) is 24.8 Å². The van der Waals surface area contributed by atoms with Gasteiger partial charge in [-0.15, -0.1) is 23.5 Å². The van der Waals surface area contributed by atoms with E-state index >= 15 is 0 Å². The fraction of sp³-hybridized carbons (Fsp3) is 0.444. The third kappa shape index (κ3) is 6.98. The van der Waals surface area contributed by atoms with Crippen LogP contribution in [0.1, 0.15) is 19.2 Å².